The number of likely N-dealkylation sites (N-methyl/N-ethyl adjacent to an activating group) is 1. The molecule has 0 aromatic rings. The molecule has 17 heavy (non-hydrogen) atoms. The summed E-state index contributed by atoms with van der Waals surface area (Å²) >= 11 is 0. The molecule has 1 atom stereocenters. The Balaban J connectivity index is 1.93. The van der Waals surface area contributed by atoms with Gasteiger partial charge < -0.3 is 9.64 Å². The van der Waals surface area contributed by atoms with Gasteiger partial charge in [-0.3, -0.25) is 9.69 Å². The van der Waals surface area contributed by atoms with Crippen molar-refractivity contribution in [3.8, 4) is 0 Å². The van der Waals surface area contributed by atoms with E-state index in [9.17, 15) is 4.79 Å². The number of morpholine rings is 1. The van der Waals surface area contributed by atoms with Crippen LogP contribution < -0.4 is 0 Å². The molecule has 0 radical (unpaired) electrons. The van der Waals surface area contributed by atoms with Gasteiger partial charge in [-0.25, -0.2) is 0 Å². The maximum atomic E-state index is 11.8. The second-order valence-electron chi connectivity index (χ2n) is 5.86. The molecule has 4 nitrogen and oxygen atoms in total. The van der Waals surface area contributed by atoms with Crippen LogP contribution in [0.5, 0.6) is 0 Å². The zero-order valence-electron chi connectivity index (χ0n) is 11.4. The van der Waals surface area contributed by atoms with E-state index in [1.54, 1.807) is 0 Å². The molecule has 0 bridgehead atoms. The SMILES string of the molecule is CCN1CC2(CN(CC(C)C)C2)OC(C)C1=O. The molecule has 0 aromatic carbocycles. The van der Waals surface area contributed by atoms with Crippen LogP contribution in [0.4, 0.5) is 0 Å². The van der Waals surface area contributed by atoms with Crippen LogP contribution in [-0.4, -0.2) is 60.1 Å². The highest BCUT2D eigenvalue weighted by atomic mass is 16.5. The molecule has 0 saturated carbocycles. The molecule has 2 aliphatic rings. The predicted octanol–water partition coefficient (Wildman–Crippen LogP) is 0.964. The van der Waals surface area contributed by atoms with Gasteiger partial charge in [0.1, 0.15) is 11.7 Å². The van der Waals surface area contributed by atoms with Crippen molar-refractivity contribution in [3.05, 3.63) is 0 Å². The lowest BCUT2D eigenvalue weighted by molar-refractivity contribution is -0.215. The molecule has 1 amide bonds. The van der Waals surface area contributed by atoms with Crippen molar-refractivity contribution in [2.45, 2.75) is 39.4 Å². The van der Waals surface area contributed by atoms with Crippen LogP contribution in [0.25, 0.3) is 0 Å². The molecule has 2 heterocycles. The minimum atomic E-state index is -0.273. The molecule has 2 fully saturated rings. The van der Waals surface area contributed by atoms with E-state index >= 15 is 0 Å². The Bertz CT molecular complexity index is 298. The van der Waals surface area contributed by atoms with Crippen LogP contribution in [0.15, 0.2) is 0 Å². The van der Waals surface area contributed by atoms with Gasteiger partial charge in [0, 0.05) is 26.2 Å². The molecule has 98 valence electrons. The zero-order valence-corrected chi connectivity index (χ0v) is 11.4. The second-order valence-corrected chi connectivity index (χ2v) is 5.86. The first-order chi connectivity index (χ1) is 7.96. The van der Waals surface area contributed by atoms with Crippen molar-refractivity contribution in [1.82, 2.24) is 9.80 Å². The van der Waals surface area contributed by atoms with Crippen molar-refractivity contribution in [3.63, 3.8) is 0 Å². The molecule has 0 aliphatic carbocycles. The third kappa shape index (κ3) is 2.47. The standard InChI is InChI=1S/C13H24N2O2/c1-5-15-9-13(17-11(4)12(15)16)7-14(8-13)6-10(2)3/h10-11H,5-9H2,1-4H3. The minimum absolute atomic E-state index is 0.0851. The molecule has 4 heteroatoms. The van der Waals surface area contributed by atoms with E-state index in [1.807, 2.05) is 18.7 Å². The lowest BCUT2D eigenvalue weighted by Gasteiger charge is -2.55. The van der Waals surface area contributed by atoms with Crippen LogP contribution in [0.1, 0.15) is 27.7 Å². The van der Waals surface area contributed by atoms with E-state index in [4.69, 9.17) is 4.74 Å². The summed E-state index contributed by atoms with van der Waals surface area (Å²) in [7, 11) is 0. The van der Waals surface area contributed by atoms with Gasteiger partial charge in [0.15, 0.2) is 0 Å². The fourth-order valence-electron chi connectivity index (χ4n) is 3.00. The quantitative estimate of drug-likeness (QED) is 0.737. The lowest BCUT2D eigenvalue weighted by atomic mass is 9.90. The van der Waals surface area contributed by atoms with Gasteiger partial charge in [0.25, 0.3) is 5.91 Å². The Hall–Kier alpha value is -0.610. The van der Waals surface area contributed by atoms with E-state index in [0.717, 1.165) is 32.7 Å². The number of carbonyl (C=O) groups is 1. The predicted molar refractivity (Wildman–Crippen MR) is 66.8 cm³/mol. The summed E-state index contributed by atoms with van der Waals surface area (Å²) in [5, 5.41) is 0. The summed E-state index contributed by atoms with van der Waals surface area (Å²) in [6.07, 6.45) is -0.273. The fourth-order valence-corrected chi connectivity index (χ4v) is 3.00. The number of nitrogens with zero attached hydrogens (tertiary/aromatic N) is 2. The monoisotopic (exact) mass is 240 g/mol. The lowest BCUT2D eigenvalue weighted by Crippen LogP contribution is -2.72. The summed E-state index contributed by atoms with van der Waals surface area (Å²) in [5.74, 6) is 0.831. The zero-order chi connectivity index (χ0) is 12.6. The summed E-state index contributed by atoms with van der Waals surface area (Å²) in [5.41, 5.74) is -0.0851. The highest BCUT2D eigenvalue weighted by Gasteiger charge is 2.50. The van der Waals surface area contributed by atoms with Crippen LogP contribution in [0.3, 0.4) is 0 Å². The van der Waals surface area contributed by atoms with Crippen molar-refractivity contribution in [1.29, 1.82) is 0 Å². The summed E-state index contributed by atoms with van der Waals surface area (Å²) in [4.78, 5) is 16.2. The van der Waals surface area contributed by atoms with Crippen molar-refractivity contribution >= 4 is 5.91 Å². The second kappa shape index (κ2) is 4.58. The first-order valence-corrected chi connectivity index (χ1v) is 6.65. The molecular weight excluding hydrogens is 216 g/mol. The van der Waals surface area contributed by atoms with E-state index in [1.165, 1.54) is 0 Å². The number of ether oxygens (including phenoxy) is 1. The highest BCUT2D eigenvalue weighted by molar-refractivity contribution is 5.81. The summed E-state index contributed by atoms with van der Waals surface area (Å²) in [6, 6.07) is 0. The molecule has 0 N–H and O–H groups in total. The minimum Gasteiger partial charge on any atom is -0.358 e. The Morgan fingerprint density at radius 2 is 2.06 bits per heavy atom. The number of rotatable bonds is 3. The van der Waals surface area contributed by atoms with Crippen molar-refractivity contribution < 1.29 is 9.53 Å². The molecule has 1 spiro atoms. The van der Waals surface area contributed by atoms with Crippen LogP contribution in [0.2, 0.25) is 0 Å². The van der Waals surface area contributed by atoms with E-state index < -0.39 is 0 Å². The Morgan fingerprint density at radius 3 is 2.59 bits per heavy atom. The largest absolute Gasteiger partial charge is 0.358 e. The first-order valence-electron chi connectivity index (χ1n) is 6.65. The number of hydrogen-bond donors (Lipinski definition) is 0. The highest BCUT2D eigenvalue weighted by Crippen LogP contribution is 2.32. The maximum absolute atomic E-state index is 11.8. The number of likely N-dealkylation sites (tertiary alicyclic amines) is 1. The molecule has 1 unspecified atom stereocenters. The van der Waals surface area contributed by atoms with Gasteiger partial charge >= 0.3 is 0 Å². The van der Waals surface area contributed by atoms with Gasteiger partial charge in [-0.2, -0.15) is 0 Å². The average Bonchev–Trinajstić information content (AvgIpc) is 2.20. The topological polar surface area (TPSA) is 32.8 Å². The average molecular weight is 240 g/mol. The molecule has 2 aliphatic heterocycles. The van der Waals surface area contributed by atoms with Crippen LogP contribution >= 0.6 is 0 Å². The van der Waals surface area contributed by atoms with Gasteiger partial charge in [-0.15, -0.1) is 0 Å². The van der Waals surface area contributed by atoms with Crippen LogP contribution in [0, 0.1) is 5.92 Å². The van der Waals surface area contributed by atoms with Crippen molar-refractivity contribution in [2.75, 3.05) is 32.7 Å². The van der Waals surface area contributed by atoms with E-state index in [0.29, 0.717) is 5.92 Å². The molecule has 0 aromatic heterocycles. The number of hydrogen-bond acceptors (Lipinski definition) is 3. The Kier molecular flexibility index (Phi) is 3.46. The maximum Gasteiger partial charge on any atom is 0.251 e. The van der Waals surface area contributed by atoms with Gasteiger partial charge in [-0.05, 0) is 19.8 Å². The van der Waals surface area contributed by atoms with Gasteiger partial charge in [-0.1, -0.05) is 13.8 Å². The summed E-state index contributed by atoms with van der Waals surface area (Å²) < 4.78 is 5.93. The summed E-state index contributed by atoms with van der Waals surface area (Å²) in [6.45, 7) is 13.0. The number of amides is 1. The van der Waals surface area contributed by atoms with E-state index in [-0.39, 0.29) is 17.6 Å². The normalized spacial score (nSPS) is 28.9. The third-order valence-electron chi connectivity index (χ3n) is 3.59. The Morgan fingerprint density at radius 1 is 1.41 bits per heavy atom. The van der Waals surface area contributed by atoms with Crippen LogP contribution in [-0.2, 0) is 9.53 Å². The van der Waals surface area contributed by atoms with Gasteiger partial charge in [0.05, 0.1) is 6.54 Å². The first kappa shape index (κ1) is 12.8. The third-order valence-corrected chi connectivity index (χ3v) is 3.59. The Labute approximate surface area is 104 Å². The smallest absolute Gasteiger partial charge is 0.251 e. The fraction of sp³-hybridized carbons (Fsp3) is 0.923. The molecular formula is C13H24N2O2. The molecule has 2 rings (SSSR count). The van der Waals surface area contributed by atoms with Crippen molar-refractivity contribution in [2.24, 2.45) is 5.92 Å². The number of carbonyl (C=O) groups excluding carboxylic acids is 1. The molecule has 2 saturated heterocycles. The van der Waals surface area contributed by atoms with Gasteiger partial charge in [0.2, 0.25) is 0 Å². The van der Waals surface area contributed by atoms with E-state index in [2.05, 4.69) is 18.7 Å².